The second-order valence-corrected chi connectivity index (χ2v) is 8.98. The molecule has 1 aliphatic rings. The summed E-state index contributed by atoms with van der Waals surface area (Å²) in [7, 11) is 0. The molecule has 3 aromatic heterocycles. The number of hydrogen-bond donors (Lipinski definition) is 1. The summed E-state index contributed by atoms with van der Waals surface area (Å²) in [4.78, 5) is 39.6. The van der Waals surface area contributed by atoms with E-state index in [1.807, 2.05) is 10.6 Å². The van der Waals surface area contributed by atoms with Crippen LogP contribution in [0.5, 0.6) is 0 Å². The second kappa shape index (κ2) is 9.98. The topological polar surface area (TPSA) is 104 Å². The fourth-order valence-corrected chi connectivity index (χ4v) is 4.63. The Balaban J connectivity index is 1.29. The average Bonchev–Trinajstić information content (AvgIpc) is 3.39. The lowest BCUT2D eigenvalue weighted by molar-refractivity contribution is -0.0298. The summed E-state index contributed by atoms with van der Waals surface area (Å²) < 4.78 is 22.5. The predicted octanol–water partition coefficient (Wildman–Crippen LogP) is 4.73. The average molecular weight is 511 g/mol. The number of imidazole rings is 1. The van der Waals surface area contributed by atoms with Crippen LogP contribution < -0.4 is 10.9 Å². The lowest BCUT2D eigenvalue weighted by atomic mass is 10.1. The Bertz CT molecular complexity index is 1690. The van der Waals surface area contributed by atoms with Gasteiger partial charge in [0.05, 0.1) is 6.33 Å². The van der Waals surface area contributed by atoms with Gasteiger partial charge in [0.1, 0.15) is 35.1 Å². The van der Waals surface area contributed by atoms with E-state index >= 15 is 0 Å². The zero-order valence-electron chi connectivity index (χ0n) is 20.3. The zero-order chi connectivity index (χ0) is 26.1. The minimum atomic E-state index is -0.560. The lowest BCUT2D eigenvalue weighted by Crippen LogP contribution is -2.27. The van der Waals surface area contributed by atoms with Crippen molar-refractivity contribution < 1.29 is 13.9 Å². The summed E-state index contributed by atoms with van der Waals surface area (Å²) in [5, 5.41) is 2.80. The maximum Gasteiger partial charge on any atom is 0.267 e. The molecule has 190 valence electrons. The predicted molar refractivity (Wildman–Crippen MR) is 140 cm³/mol. The Morgan fingerprint density at radius 1 is 1.03 bits per heavy atom. The summed E-state index contributed by atoms with van der Waals surface area (Å²) in [5.41, 5.74) is 3.07. The molecule has 10 heteroatoms. The van der Waals surface area contributed by atoms with Gasteiger partial charge in [0.15, 0.2) is 5.65 Å². The number of aromatic nitrogens is 5. The van der Waals surface area contributed by atoms with Crippen LogP contribution in [0.1, 0.15) is 35.8 Å². The largest absolute Gasteiger partial charge is 0.358 e. The molecule has 6 rings (SSSR count). The maximum absolute atomic E-state index is 13.3. The number of halogens is 1. The van der Waals surface area contributed by atoms with Crippen molar-refractivity contribution in [3.8, 4) is 16.9 Å². The van der Waals surface area contributed by atoms with Crippen LogP contribution in [0.3, 0.4) is 0 Å². The van der Waals surface area contributed by atoms with Gasteiger partial charge in [0.25, 0.3) is 11.5 Å². The van der Waals surface area contributed by atoms with Crippen molar-refractivity contribution in [2.75, 3.05) is 11.9 Å². The molecule has 9 nitrogen and oxygen atoms in total. The van der Waals surface area contributed by atoms with Gasteiger partial charge < -0.3 is 10.1 Å². The molecule has 0 spiro atoms. The molecular weight excluding hydrogens is 487 g/mol. The van der Waals surface area contributed by atoms with E-state index < -0.39 is 17.3 Å². The van der Waals surface area contributed by atoms with E-state index in [4.69, 9.17) is 4.74 Å². The molecule has 0 saturated carbocycles. The first-order valence-electron chi connectivity index (χ1n) is 12.3. The number of nitrogens with zero attached hydrogens (tertiary/aromatic N) is 5. The normalized spacial score (nSPS) is 15.4. The number of benzene rings is 2. The highest BCUT2D eigenvalue weighted by molar-refractivity contribution is 6.04. The van der Waals surface area contributed by atoms with Crippen molar-refractivity contribution in [3.63, 3.8) is 0 Å². The molecule has 1 aliphatic heterocycles. The molecule has 1 amide bonds. The fraction of sp³-hybridized carbons (Fsp3) is 0.179. The van der Waals surface area contributed by atoms with Crippen LogP contribution >= 0.6 is 0 Å². The number of rotatable bonds is 5. The van der Waals surface area contributed by atoms with E-state index in [-0.39, 0.29) is 11.8 Å². The number of hydrogen-bond acceptors (Lipinski definition) is 6. The molecule has 2 aromatic carbocycles. The monoisotopic (exact) mass is 510 g/mol. The Labute approximate surface area is 216 Å². The Morgan fingerprint density at radius 2 is 1.89 bits per heavy atom. The summed E-state index contributed by atoms with van der Waals surface area (Å²) in [6.07, 6.45) is 7.68. The summed E-state index contributed by atoms with van der Waals surface area (Å²) in [5.74, 6) is -0.971. The van der Waals surface area contributed by atoms with Gasteiger partial charge in [-0.1, -0.05) is 12.1 Å². The Morgan fingerprint density at radius 3 is 2.71 bits per heavy atom. The smallest absolute Gasteiger partial charge is 0.267 e. The highest BCUT2D eigenvalue weighted by Crippen LogP contribution is 2.30. The minimum absolute atomic E-state index is 0.0436. The van der Waals surface area contributed by atoms with Crippen LogP contribution in [0.4, 0.5) is 10.1 Å². The van der Waals surface area contributed by atoms with Crippen LogP contribution in [0.2, 0.25) is 0 Å². The summed E-state index contributed by atoms with van der Waals surface area (Å²) >= 11 is 0. The van der Waals surface area contributed by atoms with Crippen molar-refractivity contribution >= 4 is 22.8 Å². The number of pyridine rings is 1. The first-order valence-corrected chi connectivity index (χ1v) is 12.3. The van der Waals surface area contributed by atoms with Gasteiger partial charge in [-0.15, -0.1) is 0 Å². The van der Waals surface area contributed by atoms with E-state index in [2.05, 4.69) is 20.3 Å². The SMILES string of the molecule is O=C(Nc1cccc(-c2ncnc3c2ncn3C2CCCCO2)c1)c1cccn(-c2ccc(F)cc2)c1=O. The van der Waals surface area contributed by atoms with Crippen LogP contribution in [-0.2, 0) is 4.74 Å². The molecule has 0 bridgehead atoms. The molecule has 1 fully saturated rings. The highest BCUT2D eigenvalue weighted by atomic mass is 19.1. The number of nitrogens with one attached hydrogen (secondary N) is 1. The molecule has 4 heterocycles. The second-order valence-electron chi connectivity index (χ2n) is 8.98. The van der Waals surface area contributed by atoms with E-state index in [1.54, 1.807) is 30.6 Å². The van der Waals surface area contributed by atoms with E-state index in [0.717, 1.165) is 24.8 Å². The summed E-state index contributed by atoms with van der Waals surface area (Å²) in [6, 6.07) is 15.7. The molecule has 0 aliphatic carbocycles. The quantitative estimate of drug-likeness (QED) is 0.367. The number of carbonyl (C=O) groups is 1. The van der Waals surface area contributed by atoms with Gasteiger partial charge >= 0.3 is 0 Å². The molecule has 5 aromatic rings. The van der Waals surface area contributed by atoms with Crippen LogP contribution in [0.15, 0.2) is 84.3 Å². The van der Waals surface area contributed by atoms with E-state index in [0.29, 0.717) is 34.8 Å². The summed E-state index contributed by atoms with van der Waals surface area (Å²) in [6.45, 7) is 0.709. The standard InChI is InChI=1S/C28H23FN6O3/c29-19-9-11-21(12-10-19)34-13-4-7-22(28(34)37)27(36)33-20-6-3-5-18(15-20)24-25-26(31-16-30-24)35(17-32-25)23-8-1-2-14-38-23/h3-7,9-13,15-17,23H,1-2,8,14H2,(H,33,36). The molecule has 1 unspecified atom stereocenters. The minimum Gasteiger partial charge on any atom is -0.358 e. The van der Waals surface area contributed by atoms with E-state index in [9.17, 15) is 14.0 Å². The van der Waals surface area contributed by atoms with Crippen LogP contribution in [0, 0.1) is 5.82 Å². The lowest BCUT2D eigenvalue weighted by Gasteiger charge is -2.23. The van der Waals surface area contributed by atoms with Gasteiger partial charge in [-0.05, 0) is 67.8 Å². The third-order valence-corrected chi connectivity index (χ3v) is 6.52. The Hall–Kier alpha value is -4.70. The third-order valence-electron chi connectivity index (χ3n) is 6.52. The van der Waals surface area contributed by atoms with Gasteiger partial charge in [-0.25, -0.2) is 19.3 Å². The number of anilines is 1. The molecular formula is C28H23FN6O3. The van der Waals surface area contributed by atoms with Crippen molar-refractivity contribution in [1.29, 1.82) is 0 Å². The Kier molecular flexibility index (Phi) is 6.22. The first kappa shape index (κ1) is 23.7. The van der Waals surface area contributed by atoms with Gasteiger partial charge in [-0.3, -0.25) is 18.7 Å². The molecule has 38 heavy (non-hydrogen) atoms. The maximum atomic E-state index is 13.3. The zero-order valence-corrected chi connectivity index (χ0v) is 20.3. The number of fused-ring (bicyclic) bond motifs is 1. The molecule has 1 saturated heterocycles. The molecule has 0 radical (unpaired) electrons. The number of carbonyl (C=O) groups excluding carboxylic acids is 1. The highest BCUT2D eigenvalue weighted by Gasteiger charge is 2.21. The molecule has 1 atom stereocenters. The van der Waals surface area contributed by atoms with Crippen molar-refractivity contribution in [3.05, 3.63) is 101 Å². The molecule has 1 N–H and O–H groups in total. The fourth-order valence-electron chi connectivity index (χ4n) is 4.63. The number of ether oxygens (including phenoxy) is 1. The van der Waals surface area contributed by atoms with Gasteiger partial charge in [0.2, 0.25) is 0 Å². The van der Waals surface area contributed by atoms with E-state index in [1.165, 1.54) is 47.4 Å². The van der Waals surface area contributed by atoms with Crippen molar-refractivity contribution in [2.24, 2.45) is 0 Å². The van der Waals surface area contributed by atoms with Crippen LogP contribution in [0.25, 0.3) is 28.1 Å². The van der Waals surface area contributed by atoms with Crippen LogP contribution in [-0.4, -0.2) is 36.6 Å². The van der Waals surface area contributed by atoms with Crippen molar-refractivity contribution in [2.45, 2.75) is 25.5 Å². The van der Waals surface area contributed by atoms with Gasteiger partial charge in [0, 0.05) is 29.7 Å². The first-order chi connectivity index (χ1) is 18.6. The number of amides is 1. The third kappa shape index (κ3) is 4.46. The van der Waals surface area contributed by atoms with Gasteiger partial charge in [-0.2, -0.15) is 0 Å². The van der Waals surface area contributed by atoms with Crippen molar-refractivity contribution in [1.82, 2.24) is 24.1 Å².